The zero-order valence-electron chi connectivity index (χ0n) is 16.4. The molecule has 0 N–H and O–H groups in total. The predicted molar refractivity (Wildman–Crippen MR) is 99.1 cm³/mol. The predicted octanol–water partition coefficient (Wildman–Crippen LogP) is 0.0873. The van der Waals surface area contributed by atoms with Gasteiger partial charge in [0, 0.05) is 0 Å². The molecule has 0 heterocycles. The van der Waals surface area contributed by atoms with Gasteiger partial charge in [-0.2, -0.15) is 0 Å². The Bertz CT molecular complexity index is 778. The monoisotopic (exact) mass is 499 g/mol. The van der Waals surface area contributed by atoms with Gasteiger partial charge in [0.2, 0.25) is 0 Å². The molecule has 0 atom stereocenters. The first-order chi connectivity index (χ1) is 13.2. The summed E-state index contributed by atoms with van der Waals surface area (Å²) in [7, 11) is 1.33. The summed E-state index contributed by atoms with van der Waals surface area (Å²) in [5.41, 5.74) is -0.519. The Labute approximate surface area is 175 Å². The number of carbonyl (C=O) groups excluding carboxylic acids is 2. The van der Waals surface area contributed by atoms with Crippen LogP contribution in [0, 0.1) is 7.14 Å². The number of ether oxygens (including phenoxy) is 4. The van der Waals surface area contributed by atoms with Crippen LogP contribution in [0.5, 0.6) is 11.5 Å². The quantitative estimate of drug-likeness (QED) is 0.379. The van der Waals surface area contributed by atoms with Crippen molar-refractivity contribution < 1.29 is 49.7 Å². The topological polar surface area (TPSA) is 71.1 Å². The van der Waals surface area contributed by atoms with Gasteiger partial charge in [-0.1, -0.05) is 0 Å². The van der Waals surface area contributed by atoms with Crippen LogP contribution in [0.4, 0.5) is 0 Å². The summed E-state index contributed by atoms with van der Waals surface area (Å²) < 4.78 is 23.0. The van der Waals surface area contributed by atoms with Crippen molar-refractivity contribution in [2.24, 2.45) is 0 Å². The zero-order chi connectivity index (χ0) is 20.6. The van der Waals surface area contributed by atoms with E-state index in [0.717, 1.165) is 0 Å². The summed E-state index contributed by atoms with van der Waals surface area (Å²) in [5, 5.41) is 0. The molecule has 152 valence electrons. The number of hydrogen-bond donors (Lipinski definition) is 0. The van der Waals surface area contributed by atoms with E-state index in [9.17, 15) is 9.59 Å². The molecule has 0 spiro atoms. The molecular formula is C21H24IO6-. The summed E-state index contributed by atoms with van der Waals surface area (Å²) in [6, 6.07) is 15.4. The second-order valence-electron chi connectivity index (χ2n) is 6.74. The van der Waals surface area contributed by atoms with E-state index in [2.05, 4.69) is 4.74 Å². The second kappa shape index (κ2) is 10.3. The third kappa shape index (κ3) is 8.16. The van der Waals surface area contributed by atoms with Crippen molar-refractivity contribution in [1.29, 1.82) is 0 Å². The van der Waals surface area contributed by atoms with Gasteiger partial charge in [0.15, 0.2) is 0 Å². The van der Waals surface area contributed by atoms with Crippen molar-refractivity contribution in [3.05, 3.63) is 55.7 Å². The number of benzene rings is 2. The number of methoxy groups -OCH3 is 1. The van der Waals surface area contributed by atoms with E-state index in [4.69, 9.17) is 14.2 Å². The normalized spacial score (nSPS) is 11.0. The van der Waals surface area contributed by atoms with Crippen LogP contribution in [-0.2, 0) is 19.1 Å². The van der Waals surface area contributed by atoms with Crippen LogP contribution in [0.1, 0.15) is 20.8 Å². The average Bonchev–Trinajstić information content (AvgIpc) is 2.65. The van der Waals surface area contributed by atoms with Crippen molar-refractivity contribution >= 4 is 11.9 Å². The van der Waals surface area contributed by atoms with Crippen molar-refractivity contribution in [3.63, 3.8) is 0 Å². The van der Waals surface area contributed by atoms with Crippen molar-refractivity contribution in [1.82, 2.24) is 0 Å². The average molecular weight is 499 g/mol. The number of esters is 2. The second-order valence-corrected chi connectivity index (χ2v) is 9.77. The molecule has 2 aromatic carbocycles. The van der Waals surface area contributed by atoms with Gasteiger partial charge < -0.3 is 0 Å². The summed E-state index contributed by atoms with van der Waals surface area (Å²) >= 11 is -0.359. The zero-order valence-corrected chi connectivity index (χ0v) is 18.5. The summed E-state index contributed by atoms with van der Waals surface area (Å²) in [6.07, 6.45) is 0. The first-order valence-electron chi connectivity index (χ1n) is 8.64. The minimum absolute atomic E-state index is 0.102. The fourth-order valence-corrected chi connectivity index (χ4v) is 4.19. The van der Waals surface area contributed by atoms with Crippen LogP contribution in [0.25, 0.3) is 0 Å². The first-order valence-corrected chi connectivity index (χ1v) is 10.8. The molecule has 28 heavy (non-hydrogen) atoms. The Hall–Kier alpha value is -2.29. The number of halogens is 1. The molecule has 0 bridgehead atoms. The molecule has 0 aliphatic rings. The van der Waals surface area contributed by atoms with Crippen LogP contribution in [0.15, 0.2) is 48.5 Å². The molecule has 0 amide bonds. The summed E-state index contributed by atoms with van der Waals surface area (Å²) in [6.45, 7) is 5.25. The van der Waals surface area contributed by atoms with Gasteiger partial charge >= 0.3 is 176 Å². The molecular weight excluding hydrogens is 475 g/mol. The summed E-state index contributed by atoms with van der Waals surface area (Å²) in [5.74, 6) is 0.457. The van der Waals surface area contributed by atoms with Crippen LogP contribution in [-0.4, -0.2) is 37.9 Å². The number of carbonyl (C=O) groups is 2. The van der Waals surface area contributed by atoms with Gasteiger partial charge in [-0.25, -0.2) is 0 Å². The molecule has 6 nitrogen and oxygen atoms in total. The van der Waals surface area contributed by atoms with Crippen molar-refractivity contribution in [2.45, 2.75) is 26.4 Å². The Morgan fingerprint density at radius 2 is 1.21 bits per heavy atom. The minimum atomic E-state index is -0.519. The molecule has 0 saturated carbocycles. The number of rotatable bonds is 8. The Balaban J connectivity index is 1.83. The van der Waals surface area contributed by atoms with Gasteiger partial charge in [0.05, 0.1) is 0 Å². The molecule has 0 unspecified atom stereocenters. The third-order valence-electron chi connectivity index (χ3n) is 3.21. The van der Waals surface area contributed by atoms with Crippen molar-refractivity contribution in [3.8, 4) is 11.5 Å². The van der Waals surface area contributed by atoms with Gasteiger partial charge in [-0.3, -0.25) is 0 Å². The van der Waals surface area contributed by atoms with E-state index >= 15 is 0 Å². The standard InChI is InChI=1S/C21H24IO6/c1-21(2,3)28-20(24)14-27-18-11-7-16(8-12-18)22-15-5-9-17(10-6-15)26-13-19(23)25-4/h5-12H,13-14H2,1-4H3/q-1. The molecule has 0 aliphatic heterocycles. The van der Waals surface area contributed by atoms with E-state index in [-0.39, 0.29) is 34.4 Å². The van der Waals surface area contributed by atoms with Gasteiger partial charge in [-0.05, 0) is 0 Å². The van der Waals surface area contributed by atoms with Crippen LogP contribution >= 0.6 is 0 Å². The van der Waals surface area contributed by atoms with Crippen LogP contribution < -0.4 is 30.7 Å². The van der Waals surface area contributed by atoms with E-state index in [1.807, 2.05) is 69.3 Å². The third-order valence-corrected chi connectivity index (χ3v) is 5.89. The summed E-state index contributed by atoms with van der Waals surface area (Å²) in [4.78, 5) is 22.8. The van der Waals surface area contributed by atoms with E-state index < -0.39 is 17.5 Å². The fourth-order valence-electron chi connectivity index (χ4n) is 2.03. The van der Waals surface area contributed by atoms with Gasteiger partial charge in [-0.15, -0.1) is 0 Å². The van der Waals surface area contributed by atoms with E-state index in [1.54, 1.807) is 0 Å². The molecule has 0 aromatic heterocycles. The molecule has 2 rings (SSSR count). The maximum absolute atomic E-state index is 11.7. The van der Waals surface area contributed by atoms with Crippen LogP contribution in [0.2, 0.25) is 0 Å². The fraction of sp³-hybridized carbons (Fsp3) is 0.333. The molecule has 7 heteroatoms. The molecule has 0 saturated heterocycles. The van der Waals surface area contributed by atoms with Gasteiger partial charge in [0.25, 0.3) is 0 Å². The molecule has 0 aliphatic carbocycles. The molecule has 0 radical (unpaired) electrons. The van der Waals surface area contributed by atoms with E-state index in [1.165, 1.54) is 14.3 Å². The SMILES string of the molecule is COC(=O)COc1ccc([I-]c2ccc(OCC(=O)OC(C)(C)C)cc2)cc1. The van der Waals surface area contributed by atoms with Crippen LogP contribution in [0.3, 0.4) is 0 Å². The first kappa shape index (κ1) is 22.0. The Kier molecular flexibility index (Phi) is 8.10. The molecule has 2 aromatic rings. The Morgan fingerprint density at radius 1 is 0.786 bits per heavy atom. The molecule has 0 fully saturated rings. The Morgan fingerprint density at radius 3 is 1.61 bits per heavy atom. The van der Waals surface area contributed by atoms with E-state index in [0.29, 0.717) is 11.5 Å². The van der Waals surface area contributed by atoms with Gasteiger partial charge in [0.1, 0.15) is 0 Å². The maximum atomic E-state index is 11.7. The van der Waals surface area contributed by atoms with Crippen molar-refractivity contribution in [2.75, 3.05) is 20.3 Å². The number of hydrogen-bond acceptors (Lipinski definition) is 6.